The number of benzene rings is 2. The molecule has 2 aromatic carbocycles. The summed E-state index contributed by atoms with van der Waals surface area (Å²) in [7, 11) is 3.11. The van der Waals surface area contributed by atoms with Crippen LogP contribution in [0.4, 0.5) is 15.3 Å². The Morgan fingerprint density at radius 3 is 2.41 bits per heavy atom. The van der Waals surface area contributed by atoms with Crippen molar-refractivity contribution in [3.8, 4) is 11.5 Å². The maximum atomic E-state index is 13.4. The van der Waals surface area contributed by atoms with E-state index in [0.717, 1.165) is 16.0 Å². The van der Waals surface area contributed by atoms with E-state index in [1.54, 1.807) is 37.0 Å². The van der Waals surface area contributed by atoms with Crippen LogP contribution < -0.4 is 14.4 Å². The summed E-state index contributed by atoms with van der Waals surface area (Å²) in [5.41, 5.74) is 2.34. The van der Waals surface area contributed by atoms with Gasteiger partial charge in [0.15, 0.2) is 11.5 Å². The number of carbonyl (C=O) groups is 2. The first-order valence-corrected chi connectivity index (χ1v) is 13.1. The first-order chi connectivity index (χ1) is 18.0. The van der Waals surface area contributed by atoms with Gasteiger partial charge in [-0.15, -0.1) is 11.3 Å². The van der Waals surface area contributed by atoms with E-state index in [0.29, 0.717) is 30.2 Å². The molecular formula is C28H32N2O6S. The molecule has 0 bridgehead atoms. The second-order valence-corrected chi connectivity index (χ2v) is 9.72. The first kappa shape index (κ1) is 26.3. The minimum absolute atomic E-state index is 0.189. The fourth-order valence-electron chi connectivity index (χ4n) is 4.61. The molecule has 2 amide bonds. The SMILES string of the molecule is CCOC(=O)N(Cc1ccccc1)C1CC(C)N(C(=O)OCc2cccs2)c2cc(OC)c(OC)cc21. The van der Waals surface area contributed by atoms with E-state index in [-0.39, 0.29) is 25.3 Å². The van der Waals surface area contributed by atoms with Crippen molar-refractivity contribution in [3.05, 3.63) is 76.0 Å². The number of nitrogens with zero attached hydrogens (tertiary/aromatic N) is 2. The molecule has 1 aromatic heterocycles. The Labute approximate surface area is 221 Å². The highest BCUT2D eigenvalue weighted by atomic mass is 32.1. The fourth-order valence-corrected chi connectivity index (χ4v) is 5.23. The molecule has 0 saturated heterocycles. The van der Waals surface area contributed by atoms with Gasteiger partial charge in [-0.2, -0.15) is 0 Å². The van der Waals surface area contributed by atoms with E-state index < -0.39 is 12.2 Å². The lowest BCUT2D eigenvalue weighted by Gasteiger charge is -2.42. The van der Waals surface area contributed by atoms with Crippen molar-refractivity contribution in [2.24, 2.45) is 0 Å². The van der Waals surface area contributed by atoms with Crippen molar-refractivity contribution in [2.75, 3.05) is 25.7 Å². The summed E-state index contributed by atoms with van der Waals surface area (Å²) in [5, 5.41) is 1.94. The summed E-state index contributed by atoms with van der Waals surface area (Å²) in [4.78, 5) is 30.9. The monoisotopic (exact) mass is 524 g/mol. The third-order valence-corrected chi connectivity index (χ3v) is 7.20. The van der Waals surface area contributed by atoms with Crippen molar-refractivity contribution in [2.45, 2.75) is 45.5 Å². The van der Waals surface area contributed by atoms with Crippen LogP contribution in [0.3, 0.4) is 0 Å². The molecule has 1 aliphatic rings. The summed E-state index contributed by atoms with van der Waals surface area (Å²) in [5.74, 6) is 0.993. The van der Waals surface area contributed by atoms with Gasteiger partial charge in [0.25, 0.3) is 0 Å². The average Bonchev–Trinajstić information content (AvgIpc) is 3.44. The van der Waals surface area contributed by atoms with Crippen molar-refractivity contribution < 1.29 is 28.5 Å². The van der Waals surface area contributed by atoms with Crippen LogP contribution in [0.5, 0.6) is 11.5 Å². The molecule has 37 heavy (non-hydrogen) atoms. The number of carbonyl (C=O) groups excluding carboxylic acids is 2. The zero-order valence-electron chi connectivity index (χ0n) is 21.5. The van der Waals surface area contributed by atoms with Crippen LogP contribution in [-0.2, 0) is 22.6 Å². The zero-order chi connectivity index (χ0) is 26.4. The molecule has 0 radical (unpaired) electrons. The lowest BCUT2D eigenvalue weighted by atomic mass is 9.90. The van der Waals surface area contributed by atoms with E-state index >= 15 is 0 Å². The van der Waals surface area contributed by atoms with Crippen molar-refractivity contribution in [1.29, 1.82) is 0 Å². The number of thiophene rings is 1. The van der Waals surface area contributed by atoms with Crippen molar-refractivity contribution in [3.63, 3.8) is 0 Å². The van der Waals surface area contributed by atoms with E-state index in [1.807, 2.05) is 60.8 Å². The van der Waals surface area contributed by atoms with Crippen molar-refractivity contribution in [1.82, 2.24) is 4.90 Å². The van der Waals surface area contributed by atoms with Gasteiger partial charge in [0.05, 0.1) is 32.6 Å². The van der Waals surface area contributed by atoms with Gasteiger partial charge in [-0.25, -0.2) is 9.59 Å². The molecule has 8 nitrogen and oxygen atoms in total. The molecule has 0 N–H and O–H groups in total. The predicted octanol–water partition coefficient (Wildman–Crippen LogP) is 6.40. The van der Waals surface area contributed by atoms with Crippen LogP contribution in [-0.4, -0.2) is 44.0 Å². The number of ether oxygens (including phenoxy) is 4. The highest BCUT2D eigenvalue weighted by Gasteiger charge is 2.40. The Hall–Kier alpha value is -3.72. The Balaban J connectivity index is 1.75. The largest absolute Gasteiger partial charge is 0.493 e. The predicted molar refractivity (Wildman–Crippen MR) is 142 cm³/mol. The van der Waals surface area contributed by atoms with Gasteiger partial charge in [0.2, 0.25) is 0 Å². The molecule has 1 aliphatic heterocycles. The number of amides is 2. The highest BCUT2D eigenvalue weighted by molar-refractivity contribution is 7.09. The molecule has 0 fully saturated rings. The smallest absolute Gasteiger partial charge is 0.414 e. The summed E-state index contributed by atoms with van der Waals surface area (Å²) in [6, 6.07) is 16.6. The molecule has 2 heterocycles. The lowest BCUT2D eigenvalue weighted by molar-refractivity contribution is 0.0807. The third kappa shape index (κ3) is 5.83. The van der Waals surface area contributed by atoms with Crippen molar-refractivity contribution >= 4 is 29.2 Å². The highest BCUT2D eigenvalue weighted by Crippen LogP contribution is 2.46. The van der Waals surface area contributed by atoms with Crippen LogP contribution in [0.25, 0.3) is 0 Å². The standard InChI is InChI=1S/C28H32N2O6S/c1-5-35-27(31)29(17-20-10-7-6-8-11-20)23-14-19(2)30(28(32)36-18-21-12-9-13-37-21)24-16-26(34-4)25(33-3)15-22(23)24/h6-13,15-16,19,23H,5,14,17-18H2,1-4H3. The van der Waals surface area contributed by atoms with Gasteiger partial charge in [0.1, 0.15) is 6.61 Å². The second kappa shape index (κ2) is 12.0. The molecule has 0 saturated carbocycles. The molecule has 4 rings (SSSR count). The topological polar surface area (TPSA) is 77.5 Å². The summed E-state index contributed by atoms with van der Waals surface area (Å²) >= 11 is 1.53. The van der Waals surface area contributed by atoms with Gasteiger partial charge >= 0.3 is 12.2 Å². The van der Waals surface area contributed by atoms with Crippen LogP contribution in [0, 0.1) is 0 Å². The summed E-state index contributed by atoms with van der Waals surface area (Å²) < 4.78 is 22.3. The summed E-state index contributed by atoms with van der Waals surface area (Å²) in [6.07, 6.45) is -0.390. The minimum Gasteiger partial charge on any atom is -0.493 e. The van der Waals surface area contributed by atoms with Gasteiger partial charge in [-0.05, 0) is 43.3 Å². The second-order valence-electron chi connectivity index (χ2n) is 8.68. The quantitative estimate of drug-likeness (QED) is 0.339. The maximum absolute atomic E-state index is 13.4. The number of anilines is 1. The molecular weight excluding hydrogens is 492 g/mol. The normalized spacial score (nSPS) is 16.5. The number of rotatable bonds is 8. The Bertz CT molecular complexity index is 1200. The third-order valence-electron chi connectivity index (χ3n) is 6.35. The fraction of sp³-hybridized carbons (Fsp3) is 0.357. The van der Waals surface area contributed by atoms with E-state index in [9.17, 15) is 9.59 Å². The zero-order valence-corrected chi connectivity index (χ0v) is 22.3. The lowest BCUT2D eigenvalue weighted by Crippen LogP contribution is -2.47. The Morgan fingerprint density at radius 2 is 1.76 bits per heavy atom. The maximum Gasteiger partial charge on any atom is 0.414 e. The van der Waals surface area contributed by atoms with E-state index in [4.69, 9.17) is 18.9 Å². The molecule has 2 unspecified atom stereocenters. The van der Waals surface area contributed by atoms with E-state index in [1.165, 1.54) is 11.3 Å². The molecule has 9 heteroatoms. The molecule has 2 atom stereocenters. The average molecular weight is 525 g/mol. The number of fused-ring (bicyclic) bond motifs is 1. The van der Waals surface area contributed by atoms with Crippen LogP contribution in [0.15, 0.2) is 60.0 Å². The number of hydrogen-bond donors (Lipinski definition) is 0. The summed E-state index contributed by atoms with van der Waals surface area (Å²) in [6.45, 7) is 4.54. The Kier molecular flexibility index (Phi) is 8.55. The molecule has 3 aromatic rings. The Morgan fingerprint density at radius 1 is 1.03 bits per heavy atom. The van der Waals surface area contributed by atoms with Gasteiger partial charge in [-0.3, -0.25) is 9.80 Å². The van der Waals surface area contributed by atoms with E-state index in [2.05, 4.69) is 0 Å². The number of hydrogen-bond acceptors (Lipinski definition) is 7. The minimum atomic E-state index is -0.460. The molecule has 0 spiro atoms. The molecule has 196 valence electrons. The van der Waals surface area contributed by atoms with Crippen LogP contribution >= 0.6 is 11.3 Å². The van der Waals surface area contributed by atoms with Gasteiger partial charge in [0, 0.05) is 29.1 Å². The van der Waals surface area contributed by atoms with Gasteiger partial charge in [-0.1, -0.05) is 36.4 Å². The van der Waals surface area contributed by atoms with Crippen LogP contribution in [0.1, 0.15) is 42.3 Å². The first-order valence-electron chi connectivity index (χ1n) is 12.2. The molecule has 0 aliphatic carbocycles. The van der Waals surface area contributed by atoms with Gasteiger partial charge < -0.3 is 18.9 Å². The number of methoxy groups -OCH3 is 2. The van der Waals surface area contributed by atoms with Crippen LogP contribution in [0.2, 0.25) is 0 Å².